The number of hydrogen-bond donors (Lipinski definition) is 2. The van der Waals surface area contributed by atoms with Crippen molar-refractivity contribution in [1.82, 2.24) is 14.7 Å². The molecule has 14 heavy (non-hydrogen) atoms. The van der Waals surface area contributed by atoms with Crippen molar-refractivity contribution >= 4 is 11.5 Å². The van der Waals surface area contributed by atoms with Crippen molar-refractivity contribution in [2.45, 2.75) is 13.5 Å². The average Bonchev–Trinajstić information content (AvgIpc) is 2.34. The topological polar surface area (TPSA) is 73.1 Å². The molecular formula is C9H19N5. The summed E-state index contributed by atoms with van der Waals surface area (Å²) in [5.74, 6) is 1.07. The highest BCUT2D eigenvalue weighted by Crippen LogP contribution is 2.14. The van der Waals surface area contributed by atoms with Gasteiger partial charge in [-0.15, -0.1) is 0 Å². The van der Waals surface area contributed by atoms with Gasteiger partial charge in [0.05, 0.1) is 11.9 Å². The molecule has 0 aliphatic rings. The van der Waals surface area contributed by atoms with Crippen LogP contribution in [0.3, 0.4) is 0 Å². The minimum absolute atomic E-state index is 0.506. The Morgan fingerprint density at radius 1 is 1.50 bits per heavy atom. The maximum absolute atomic E-state index is 5.74. The molecule has 1 atom stereocenters. The smallest absolute Gasteiger partial charge is 0.145 e. The molecule has 5 nitrogen and oxygen atoms in total. The lowest BCUT2D eigenvalue weighted by Gasteiger charge is -2.17. The highest BCUT2D eigenvalue weighted by molar-refractivity contribution is 5.56. The van der Waals surface area contributed by atoms with Gasteiger partial charge in [-0.3, -0.25) is 0 Å². The summed E-state index contributed by atoms with van der Waals surface area (Å²) in [6, 6.07) is 0. The molecule has 1 unspecified atom stereocenters. The maximum atomic E-state index is 5.74. The molecule has 0 aliphatic carbocycles. The van der Waals surface area contributed by atoms with E-state index in [1.54, 1.807) is 10.9 Å². The first kappa shape index (κ1) is 10.8. The van der Waals surface area contributed by atoms with Crippen LogP contribution in [0.25, 0.3) is 0 Å². The van der Waals surface area contributed by atoms with Gasteiger partial charge in [0.1, 0.15) is 5.82 Å². The summed E-state index contributed by atoms with van der Waals surface area (Å²) in [6.07, 6.45) is 1.59. The molecule has 0 amide bonds. The zero-order valence-corrected chi connectivity index (χ0v) is 9.07. The molecule has 1 aromatic rings. The van der Waals surface area contributed by atoms with Crippen molar-refractivity contribution in [1.29, 1.82) is 0 Å². The van der Waals surface area contributed by atoms with Gasteiger partial charge in [0.2, 0.25) is 0 Å². The van der Waals surface area contributed by atoms with Crippen molar-refractivity contribution in [2.75, 3.05) is 32.1 Å². The van der Waals surface area contributed by atoms with Gasteiger partial charge in [0, 0.05) is 13.1 Å². The van der Waals surface area contributed by atoms with Crippen LogP contribution in [0, 0.1) is 5.92 Å². The number of nitrogens with two attached hydrogens (primary N) is 2. The lowest BCUT2D eigenvalue weighted by Crippen LogP contribution is -2.24. The second-order valence-electron chi connectivity index (χ2n) is 4.03. The normalized spacial score (nSPS) is 13.4. The number of nitrogen functional groups attached to an aromatic ring is 2. The zero-order valence-electron chi connectivity index (χ0n) is 9.07. The Kier molecular flexibility index (Phi) is 3.35. The predicted molar refractivity (Wildman–Crippen MR) is 58.8 cm³/mol. The largest absolute Gasteiger partial charge is 0.394 e. The van der Waals surface area contributed by atoms with Crippen molar-refractivity contribution in [3.63, 3.8) is 0 Å². The quantitative estimate of drug-likeness (QED) is 0.725. The Bertz CT molecular complexity index is 291. The second-order valence-corrected chi connectivity index (χ2v) is 4.03. The number of anilines is 2. The summed E-state index contributed by atoms with van der Waals surface area (Å²) in [7, 11) is 4.11. The van der Waals surface area contributed by atoms with Crippen LogP contribution in [0.2, 0.25) is 0 Å². The summed E-state index contributed by atoms with van der Waals surface area (Å²) in [5.41, 5.74) is 11.9. The fourth-order valence-electron chi connectivity index (χ4n) is 1.53. The van der Waals surface area contributed by atoms with Crippen LogP contribution in [0.1, 0.15) is 6.92 Å². The van der Waals surface area contributed by atoms with Crippen LogP contribution >= 0.6 is 0 Å². The van der Waals surface area contributed by atoms with Crippen LogP contribution in [-0.4, -0.2) is 35.3 Å². The van der Waals surface area contributed by atoms with Crippen LogP contribution in [0.15, 0.2) is 6.20 Å². The number of rotatable bonds is 4. The SMILES string of the molecule is CC(CN(C)C)Cn1ncc(N)c1N. The zero-order chi connectivity index (χ0) is 10.7. The molecule has 4 N–H and O–H groups in total. The second kappa shape index (κ2) is 4.32. The third-order valence-electron chi connectivity index (χ3n) is 2.07. The van der Waals surface area contributed by atoms with E-state index < -0.39 is 0 Å². The Morgan fingerprint density at radius 2 is 2.14 bits per heavy atom. The average molecular weight is 197 g/mol. The minimum atomic E-state index is 0.506. The van der Waals surface area contributed by atoms with E-state index in [-0.39, 0.29) is 0 Å². The highest BCUT2D eigenvalue weighted by Gasteiger charge is 2.09. The summed E-state index contributed by atoms with van der Waals surface area (Å²) in [6.45, 7) is 3.98. The third kappa shape index (κ3) is 2.63. The first-order valence-corrected chi connectivity index (χ1v) is 4.72. The number of aromatic nitrogens is 2. The van der Waals surface area contributed by atoms with Gasteiger partial charge < -0.3 is 16.4 Å². The molecule has 0 aromatic carbocycles. The van der Waals surface area contributed by atoms with E-state index in [0.29, 0.717) is 17.4 Å². The van der Waals surface area contributed by atoms with Crippen LogP contribution in [-0.2, 0) is 6.54 Å². The number of hydrogen-bond acceptors (Lipinski definition) is 4. The molecule has 0 saturated heterocycles. The van der Waals surface area contributed by atoms with Crippen molar-refractivity contribution in [2.24, 2.45) is 5.92 Å². The van der Waals surface area contributed by atoms with Crippen LogP contribution in [0.4, 0.5) is 11.5 Å². The van der Waals surface area contributed by atoms with E-state index in [2.05, 4.69) is 31.0 Å². The van der Waals surface area contributed by atoms with Gasteiger partial charge in [0.25, 0.3) is 0 Å². The number of nitrogens with zero attached hydrogens (tertiary/aromatic N) is 3. The minimum Gasteiger partial charge on any atom is -0.394 e. The molecule has 0 aliphatic heterocycles. The molecule has 0 bridgehead atoms. The third-order valence-corrected chi connectivity index (χ3v) is 2.07. The highest BCUT2D eigenvalue weighted by atomic mass is 15.3. The van der Waals surface area contributed by atoms with Gasteiger partial charge in [0.15, 0.2) is 0 Å². The van der Waals surface area contributed by atoms with E-state index in [1.807, 2.05) is 0 Å². The van der Waals surface area contributed by atoms with Crippen molar-refractivity contribution in [3.8, 4) is 0 Å². The summed E-state index contributed by atoms with van der Waals surface area (Å²) < 4.78 is 1.75. The van der Waals surface area contributed by atoms with E-state index in [0.717, 1.165) is 13.1 Å². The van der Waals surface area contributed by atoms with E-state index in [4.69, 9.17) is 11.5 Å². The summed E-state index contributed by atoms with van der Waals surface area (Å²) in [4.78, 5) is 2.15. The van der Waals surface area contributed by atoms with Gasteiger partial charge in [-0.1, -0.05) is 6.92 Å². The fourth-order valence-corrected chi connectivity index (χ4v) is 1.53. The summed E-state index contributed by atoms with van der Waals surface area (Å²) in [5, 5.41) is 4.11. The van der Waals surface area contributed by atoms with Gasteiger partial charge >= 0.3 is 0 Å². The van der Waals surface area contributed by atoms with Gasteiger partial charge in [-0.05, 0) is 20.0 Å². The molecule has 0 fully saturated rings. The van der Waals surface area contributed by atoms with Crippen LogP contribution in [0.5, 0.6) is 0 Å². The maximum Gasteiger partial charge on any atom is 0.145 e. The standard InChI is InChI=1S/C9H19N5/c1-7(5-13(2)3)6-14-9(11)8(10)4-12-14/h4,7H,5-6,10-11H2,1-3H3. The molecule has 1 heterocycles. The molecule has 0 spiro atoms. The van der Waals surface area contributed by atoms with Gasteiger partial charge in [-0.25, -0.2) is 4.68 Å². The van der Waals surface area contributed by atoms with E-state index in [9.17, 15) is 0 Å². The first-order chi connectivity index (χ1) is 6.50. The lowest BCUT2D eigenvalue weighted by atomic mass is 10.2. The van der Waals surface area contributed by atoms with E-state index >= 15 is 0 Å². The van der Waals surface area contributed by atoms with Gasteiger partial charge in [-0.2, -0.15) is 5.10 Å². The Labute approximate surface area is 84.7 Å². The first-order valence-electron chi connectivity index (χ1n) is 4.72. The summed E-state index contributed by atoms with van der Waals surface area (Å²) >= 11 is 0. The molecule has 1 rings (SSSR count). The monoisotopic (exact) mass is 197 g/mol. The lowest BCUT2D eigenvalue weighted by molar-refractivity contribution is 0.309. The Hall–Kier alpha value is -1.23. The Morgan fingerprint density at radius 3 is 2.57 bits per heavy atom. The molecule has 0 radical (unpaired) electrons. The van der Waals surface area contributed by atoms with E-state index in [1.165, 1.54) is 0 Å². The molecule has 80 valence electrons. The predicted octanol–water partition coefficient (Wildman–Crippen LogP) is 0.245. The molecule has 5 heteroatoms. The molecule has 1 aromatic heterocycles. The van der Waals surface area contributed by atoms with Crippen LogP contribution < -0.4 is 11.5 Å². The molecule has 0 saturated carbocycles. The fraction of sp³-hybridized carbons (Fsp3) is 0.667. The molecular weight excluding hydrogens is 178 g/mol. The van der Waals surface area contributed by atoms with Crippen molar-refractivity contribution in [3.05, 3.63) is 6.20 Å². The Balaban J connectivity index is 2.56. The van der Waals surface area contributed by atoms with Crippen molar-refractivity contribution < 1.29 is 0 Å².